The Labute approximate surface area is 60.5 Å². The minimum atomic E-state index is -0.872. The molecule has 1 aliphatic heterocycles. The number of hydrogen-bond donors (Lipinski definition) is 1. The Morgan fingerprint density at radius 3 is 3.00 bits per heavy atom. The lowest BCUT2D eigenvalue weighted by atomic mass is 10.1. The largest absolute Gasteiger partial charge is 0.378 e. The fourth-order valence-electron chi connectivity index (χ4n) is 1.21. The molecule has 0 radical (unpaired) electrons. The molecule has 0 aliphatic carbocycles. The molecule has 0 aromatic carbocycles. The fraction of sp³-hybridized carbons (Fsp3) is 1.00. The second-order valence-electron chi connectivity index (χ2n) is 2.70. The van der Waals surface area contributed by atoms with Crippen LogP contribution in [0.1, 0.15) is 19.3 Å². The second-order valence-corrected chi connectivity index (χ2v) is 2.70. The maximum absolute atomic E-state index is 12.6. The lowest BCUT2D eigenvalue weighted by Crippen LogP contribution is -2.21. The van der Waals surface area contributed by atoms with E-state index >= 15 is 0 Å². The Morgan fingerprint density at radius 2 is 2.50 bits per heavy atom. The van der Waals surface area contributed by atoms with Crippen LogP contribution in [0, 0.1) is 0 Å². The molecule has 0 amide bonds. The zero-order valence-electron chi connectivity index (χ0n) is 6.05. The predicted molar refractivity (Wildman–Crippen MR) is 37.5 cm³/mol. The van der Waals surface area contributed by atoms with Gasteiger partial charge in [-0.25, -0.2) is 4.39 Å². The smallest absolute Gasteiger partial charge is 0.115 e. The van der Waals surface area contributed by atoms with E-state index in [0.29, 0.717) is 6.42 Å². The molecule has 1 saturated heterocycles. The van der Waals surface area contributed by atoms with Crippen molar-refractivity contribution in [3.63, 3.8) is 0 Å². The maximum atomic E-state index is 12.6. The molecule has 2 atom stereocenters. The molecule has 2 nitrogen and oxygen atoms in total. The summed E-state index contributed by atoms with van der Waals surface area (Å²) in [6.07, 6.45) is 1.82. The van der Waals surface area contributed by atoms with Gasteiger partial charge in [-0.05, 0) is 12.8 Å². The Balaban J connectivity index is 2.11. The Morgan fingerprint density at radius 1 is 1.70 bits per heavy atom. The van der Waals surface area contributed by atoms with E-state index in [4.69, 9.17) is 10.5 Å². The summed E-state index contributed by atoms with van der Waals surface area (Å²) in [5, 5.41) is 0. The zero-order chi connectivity index (χ0) is 7.40. The van der Waals surface area contributed by atoms with E-state index in [-0.39, 0.29) is 12.6 Å². The van der Waals surface area contributed by atoms with Crippen molar-refractivity contribution in [1.29, 1.82) is 0 Å². The van der Waals surface area contributed by atoms with Gasteiger partial charge in [0.2, 0.25) is 0 Å². The number of halogens is 1. The van der Waals surface area contributed by atoms with E-state index in [2.05, 4.69) is 0 Å². The highest BCUT2D eigenvalue weighted by atomic mass is 19.1. The van der Waals surface area contributed by atoms with E-state index < -0.39 is 6.17 Å². The van der Waals surface area contributed by atoms with Crippen molar-refractivity contribution >= 4 is 0 Å². The summed E-state index contributed by atoms with van der Waals surface area (Å²) in [6.45, 7) is 0.918. The normalized spacial score (nSPS) is 28.8. The Kier molecular flexibility index (Phi) is 3.09. The average Bonchev–Trinajstić information content (AvgIpc) is 2.40. The van der Waals surface area contributed by atoms with Crippen molar-refractivity contribution in [1.82, 2.24) is 0 Å². The second kappa shape index (κ2) is 3.88. The molecule has 0 aromatic rings. The summed E-state index contributed by atoms with van der Waals surface area (Å²) in [7, 11) is 0. The zero-order valence-corrected chi connectivity index (χ0v) is 6.05. The number of ether oxygens (including phenoxy) is 1. The van der Waals surface area contributed by atoms with E-state index in [9.17, 15) is 4.39 Å². The van der Waals surface area contributed by atoms with Crippen molar-refractivity contribution in [3.8, 4) is 0 Å². The maximum Gasteiger partial charge on any atom is 0.115 e. The Bertz CT molecular complexity index is 93.6. The number of alkyl halides is 1. The van der Waals surface area contributed by atoms with Crippen LogP contribution in [0.4, 0.5) is 4.39 Å². The highest BCUT2D eigenvalue weighted by Gasteiger charge is 2.19. The molecule has 0 bridgehead atoms. The fourth-order valence-corrected chi connectivity index (χ4v) is 1.21. The molecule has 2 N–H and O–H groups in total. The first kappa shape index (κ1) is 7.95. The minimum Gasteiger partial charge on any atom is -0.378 e. The van der Waals surface area contributed by atoms with Gasteiger partial charge in [0.25, 0.3) is 0 Å². The van der Waals surface area contributed by atoms with Crippen LogP contribution in [0.5, 0.6) is 0 Å². The molecule has 1 aliphatic rings. The number of hydrogen-bond acceptors (Lipinski definition) is 2. The van der Waals surface area contributed by atoms with Gasteiger partial charge in [-0.2, -0.15) is 0 Å². The van der Waals surface area contributed by atoms with Crippen LogP contribution in [0.3, 0.4) is 0 Å². The number of nitrogens with two attached hydrogens (primary N) is 1. The molecule has 10 heavy (non-hydrogen) atoms. The van der Waals surface area contributed by atoms with Gasteiger partial charge < -0.3 is 10.5 Å². The topological polar surface area (TPSA) is 35.2 Å². The van der Waals surface area contributed by atoms with Crippen LogP contribution < -0.4 is 5.73 Å². The lowest BCUT2D eigenvalue weighted by molar-refractivity contribution is 0.0825. The van der Waals surface area contributed by atoms with Crippen molar-refractivity contribution in [2.24, 2.45) is 5.73 Å². The standard InChI is InChI=1S/C7H14FNO/c8-6(5-9)4-7-2-1-3-10-7/h6-7H,1-5,9H2/t6-,7+/m1/s1. The molecule has 0 saturated carbocycles. The van der Waals surface area contributed by atoms with Gasteiger partial charge in [0.15, 0.2) is 0 Å². The van der Waals surface area contributed by atoms with Crippen molar-refractivity contribution in [2.45, 2.75) is 31.5 Å². The summed E-state index contributed by atoms with van der Waals surface area (Å²) in [5.74, 6) is 0. The average molecular weight is 147 g/mol. The number of rotatable bonds is 3. The molecule has 3 heteroatoms. The van der Waals surface area contributed by atoms with E-state index in [1.807, 2.05) is 0 Å². The van der Waals surface area contributed by atoms with Gasteiger partial charge in [-0.1, -0.05) is 0 Å². The molecule has 1 heterocycles. The highest BCUT2D eigenvalue weighted by molar-refractivity contribution is 4.69. The van der Waals surface area contributed by atoms with Gasteiger partial charge in [0.05, 0.1) is 6.10 Å². The lowest BCUT2D eigenvalue weighted by Gasteiger charge is -2.10. The van der Waals surface area contributed by atoms with Gasteiger partial charge in [0, 0.05) is 19.6 Å². The van der Waals surface area contributed by atoms with Crippen molar-refractivity contribution in [3.05, 3.63) is 0 Å². The molecule has 60 valence electrons. The third-order valence-corrected chi connectivity index (χ3v) is 1.80. The third-order valence-electron chi connectivity index (χ3n) is 1.80. The quantitative estimate of drug-likeness (QED) is 0.642. The molecular formula is C7H14FNO. The highest BCUT2D eigenvalue weighted by Crippen LogP contribution is 2.17. The third kappa shape index (κ3) is 2.23. The van der Waals surface area contributed by atoms with Crippen molar-refractivity contribution < 1.29 is 9.13 Å². The first-order valence-corrected chi connectivity index (χ1v) is 3.78. The van der Waals surface area contributed by atoms with Crippen LogP contribution in [0.25, 0.3) is 0 Å². The van der Waals surface area contributed by atoms with Crippen LogP contribution >= 0.6 is 0 Å². The van der Waals surface area contributed by atoms with Gasteiger partial charge in [-0.15, -0.1) is 0 Å². The summed E-state index contributed by atoms with van der Waals surface area (Å²) in [6, 6.07) is 0. The van der Waals surface area contributed by atoms with E-state index in [0.717, 1.165) is 19.4 Å². The predicted octanol–water partition coefficient (Wildman–Crippen LogP) is 0.852. The van der Waals surface area contributed by atoms with Crippen LogP contribution in [0.15, 0.2) is 0 Å². The SMILES string of the molecule is NC[C@H](F)C[C@@H]1CCCO1. The van der Waals surface area contributed by atoms with Gasteiger partial charge >= 0.3 is 0 Å². The summed E-state index contributed by atoms with van der Waals surface area (Å²) >= 11 is 0. The van der Waals surface area contributed by atoms with E-state index in [1.54, 1.807) is 0 Å². The molecule has 0 spiro atoms. The van der Waals surface area contributed by atoms with Crippen molar-refractivity contribution in [2.75, 3.05) is 13.2 Å². The molecule has 0 aromatic heterocycles. The first-order chi connectivity index (χ1) is 4.83. The molecule has 1 rings (SSSR count). The summed E-state index contributed by atoms with van der Waals surface area (Å²) in [4.78, 5) is 0. The summed E-state index contributed by atoms with van der Waals surface area (Å²) < 4.78 is 17.8. The monoisotopic (exact) mass is 147 g/mol. The molecule has 1 fully saturated rings. The Hall–Kier alpha value is -0.150. The van der Waals surface area contributed by atoms with Gasteiger partial charge in [-0.3, -0.25) is 0 Å². The van der Waals surface area contributed by atoms with Crippen LogP contribution in [-0.4, -0.2) is 25.4 Å². The first-order valence-electron chi connectivity index (χ1n) is 3.78. The van der Waals surface area contributed by atoms with E-state index in [1.165, 1.54) is 0 Å². The molecule has 0 unspecified atom stereocenters. The van der Waals surface area contributed by atoms with Crippen LogP contribution in [-0.2, 0) is 4.74 Å². The summed E-state index contributed by atoms with van der Waals surface area (Å²) in [5.41, 5.74) is 5.12. The molecular weight excluding hydrogens is 133 g/mol. The van der Waals surface area contributed by atoms with Crippen LogP contribution in [0.2, 0.25) is 0 Å². The minimum absolute atomic E-state index is 0.125. The van der Waals surface area contributed by atoms with Gasteiger partial charge in [0.1, 0.15) is 6.17 Å².